The number of likely N-dealkylation sites (tertiary alicyclic amines) is 1. The lowest BCUT2D eigenvalue weighted by atomic mass is 9.92. The van der Waals surface area contributed by atoms with Crippen LogP contribution in [0.1, 0.15) is 25.7 Å². The van der Waals surface area contributed by atoms with Crippen LogP contribution >= 0.6 is 11.6 Å². The zero-order valence-corrected chi connectivity index (χ0v) is 16.0. The lowest BCUT2D eigenvalue weighted by Gasteiger charge is -2.39. The number of β-amino-alcohol motifs (C(OH)–C–C–N with tert-alkyl or cyclic N) is 1. The fraction of sp³-hybridized carbons (Fsp3) is 0.647. The summed E-state index contributed by atoms with van der Waals surface area (Å²) in [7, 11) is -2.13. The Morgan fingerprint density at radius 3 is 2.40 bits per heavy atom. The van der Waals surface area contributed by atoms with Crippen molar-refractivity contribution in [2.45, 2.75) is 36.2 Å². The van der Waals surface area contributed by atoms with E-state index in [2.05, 4.69) is 4.90 Å². The Balaban J connectivity index is 1.67. The summed E-state index contributed by atoms with van der Waals surface area (Å²) in [6, 6.07) is 4.48. The van der Waals surface area contributed by atoms with Gasteiger partial charge in [0.15, 0.2) is 0 Å². The van der Waals surface area contributed by atoms with Crippen LogP contribution in [0.2, 0.25) is 5.02 Å². The third-order valence-corrected chi connectivity index (χ3v) is 7.32. The van der Waals surface area contributed by atoms with Gasteiger partial charge >= 0.3 is 0 Å². The topological polar surface area (TPSA) is 70.1 Å². The molecule has 2 aliphatic rings. The van der Waals surface area contributed by atoms with Gasteiger partial charge in [0.25, 0.3) is 0 Å². The van der Waals surface area contributed by atoms with Gasteiger partial charge in [0, 0.05) is 19.6 Å². The number of halogens is 1. The standard InChI is InChI=1S/C17H25ClN2O4S/c1-24-16-5-4-14(12-15(16)18)25(22,23)20-10-6-17(21,7-11-20)13-19-8-2-3-9-19/h4-5,12,21H,2-3,6-11,13H2,1H3. The van der Waals surface area contributed by atoms with Crippen LogP contribution in [0.25, 0.3) is 0 Å². The average molecular weight is 389 g/mol. The summed E-state index contributed by atoms with van der Waals surface area (Å²) in [6.07, 6.45) is 3.25. The Morgan fingerprint density at radius 1 is 1.20 bits per heavy atom. The Kier molecular flexibility index (Phi) is 5.60. The number of ether oxygens (including phenoxy) is 1. The fourth-order valence-electron chi connectivity index (χ4n) is 3.61. The first-order chi connectivity index (χ1) is 11.8. The fourth-order valence-corrected chi connectivity index (χ4v) is 5.41. The van der Waals surface area contributed by atoms with E-state index in [0.29, 0.717) is 38.2 Å². The molecule has 0 aromatic heterocycles. The van der Waals surface area contributed by atoms with E-state index in [0.717, 1.165) is 13.1 Å². The summed E-state index contributed by atoms with van der Waals surface area (Å²) in [5.74, 6) is 0.444. The number of nitrogens with zero attached hydrogens (tertiary/aromatic N) is 2. The van der Waals surface area contributed by atoms with Gasteiger partial charge in [0.1, 0.15) is 5.75 Å². The first kappa shape index (κ1) is 18.9. The second kappa shape index (κ2) is 7.40. The molecule has 0 amide bonds. The largest absolute Gasteiger partial charge is 0.495 e. The zero-order valence-electron chi connectivity index (χ0n) is 14.4. The van der Waals surface area contributed by atoms with Gasteiger partial charge < -0.3 is 14.7 Å². The van der Waals surface area contributed by atoms with Crippen LogP contribution in [-0.4, -0.2) is 68.2 Å². The molecular formula is C17H25ClN2O4S. The first-order valence-corrected chi connectivity index (χ1v) is 10.4. The molecule has 0 atom stereocenters. The minimum Gasteiger partial charge on any atom is -0.495 e. The highest BCUT2D eigenvalue weighted by Crippen LogP contribution is 2.31. The Labute approximate surface area is 154 Å². The molecule has 140 valence electrons. The van der Waals surface area contributed by atoms with Crippen molar-refractivity contribution in [3.05, 3.63) is 23.2 Å². The molecule has 8 heteroatoms. The van der Waals surface area contributed by atoms with Crippen molar-refractivity contribution in [1.29, 1.82) is 0 Å². The number of benzene rings is 1. The van der Waals surface area contributed by atoms with Crippen molar-refractivity contribution in [2.24, 2.45) is 0 Å². The van der Waals surface area contributed by atoms with Crippen molar-refractivity contribution >= 4 is 21.6 Å². The lowest BCUT2D eigenvalue weighted by Crippen LogP contribution is -2.51. The number of sulfonamides is 1. The molecule has 0 saturated carbocycles. The van der Waals surface area contributed by atoms with Gasteiger partial charge in [-0.3, -0.25) is 0 Å². The lowest BCUT2D eigenvalue weighted by molar-refractivity contribution is -0.0284. The van der Waals surface area contributed by atoms with Gasteiger partial charge in [-0.05, 0) is 57.0 Å². The van der Waals surface area contributed by atoms with Crippen molar-refractivity contribution in [3.8, 4) is 5.75 Å². The summed E-state index contributed by atoms with van der Waals surface area (Å²) < 4.78 is 32.2. The van der Waals surface area contributed by atoms with Gasteiger partial charge in [0.2, 0.25) is 10.0 Å². The minimum atomic E-state index is -3.62. The molecule has 0 spiro atoms. The van der Waals surface area contributed by atoms with Crippen LogP contribution < -0.4 is 4.74 Å². The molecule has 0 bridgehead atoms. The van der Waals surface area contributed by atoms with Crippen LogP contribution in [0.5, 0.6) is 5.75 Å². The van der Waals surface area contributed by atoms with Gasteiger partial charge in [-0.15, -0.1) is 0 Å². The van der Waals surface area contributed by atoms with E-state index in [1.54, 1.807) is 6.07 Å². The highest BCUT2D eigenvalue weighted by atomic mass is 35.5. The van der Waals surface area contributed by atoms with E-state index in [4.69, 9.17) is 16.3 Å². The first-order valence-electron chi connectivity index (χ1n) is 8.62. The Morgan fingerprint density at radius 2 is 1.84 bits per heavy atom. The van der Waals surface area contributed by atoms with Crippen molar-refractivity contribution in [2.75, 3.05) is 39.8 Å². The maximum Gasteiger partial charge on any atom is 0.243 e. The summed E-state index contributed by atoms with van der Waals surface area (Å²) in [6.45, 7) is 3.31. The smallest absolute Gasteiger partial charge is 0.243 e. The molecule has 1 aromatic carbocycles. The number of aliphatic hydroxyl groups is 1. The maximum atomic E-state index is 12.8. The predicted molar refractivity (Wildman–Crippen MR) is 96.6 cm³/mol. The van der Waals surface area contributed by atoms with Crippen LogP contribution in [0, 0.1) is 0 Å². The highest BCUT2D eigenvalue weighted by molar-refractivity contribution is 7.89. The molecule has 2 saturated heterocycles. The average Bonchev–Trinajstić information content (AvgIpc) is 3.07. The van der Waals surface area contributed by atoms with Gasteiger partial charge in [-0.2, -0.15) is 4.31 Å². The molecule has 0 unspecified atom stereocenters. The monoisotopic (exact) mass is 388 g/mol. The summed E-state index contributed by atoms with van der Waals surface area (Å²) in [5, 5.41) is 11.1. The predicted octanol–water partition coefficient (Wildman–Crippen LogP) is 1.96. The van der Waals surface area contributed by atoms with Crippen molar-refractivity contribution < 1.29 is 18.3 Å². The molecular weight excluding hydrogens is 364 g/mol. The highest BCUT2D eigenvalue weighted by Gasteiger charge is 2.38. The van der Waals surface area contributed by atoms with Crippen LogP contribution in [0.4, 0.5) is 0 Å². The molecule has 2 heterocycles. The maximum absolute atomic E-state index is 12.8. The third kappa shape index (κ3) is 4.11. The molecule has 1 aromatic rings. The number of methoxy groups -OCH3 is 1. The van der Waals surface area contributed by atoms with E-state index in [9.17, 15) is 13.5 Å². The van der Waals surface area contributed by atoms with Crippen LogP contribution in [0.3, 0.4) is 0 Å². The van der Waals surface area contributed by atoms with E-state index < -0.39 is 15.6 Å². The molecule has 1 N–H and O–H groups in total. The normalized spacial score (nSPS) is 22.2. The van der Waals surface area contributed by atoms with E-state index in [-0.39, 0.29) is 9.92 Å². The number of hydrogen-bond acceptors (Lipinski definition) is 5. The van der Waals surface area contributed by atoms with Crippen LogP contribution in [-0.2, 0) is 10.0 Å². The summed E-state index contributed by atoms with van der Waals surface area (Å²) in [4.78, 5) is 2.43. The van der Waals surface area contributed by atoms with Gasteiger partial charge in [-0.1, -0.05) is 11.6 Å². The summed E-state index contributed by atoms with van der Waals surface area (Å²) >= 11 is 6.06. The van der Waals surface area contributed by atoms with E-state index in [1.807, 2.05) is 0 Å². The number of hydrogen-bond donors (Lipinski definition) is 1. The van der Waals surface area contributed by atoms with E-state index >= 15 is 0 Å². The number of rotatable bonds is 5. The second-order valence-corrected chi connectivity index (χ2v) is 9.25. The van der Waals surface area contributed by atoms with Gasteiger partial charge in [0.05, 0.1) is 22.6 Å². The quantitative estimate of drug-likeness (QED) is 0.835. The van der Waals surface area contributed by atoms with Crippen molar-refractivity contribution in [3.63, 3.8) is 0 Å². The molecule has 2 aliphatic heterocycles. The molecule has 0 aliphatic carbocycles. The minimum absolute atomic E-state index is 0.156. The molecule has 3 rings (SSSR count). The Hall–Kier alpha value is -0.860. The van der Waals surface area contributed by atoms with Gasteiger partial charge in [-0.25, -0.2) is 8.42 Å². The van der Waals surface area contributed by atoms with Crippen LogP contribution in [0.15, 0.2) is 23.1 Å². The molecule has 2 fully saturated rings. The Bertz CT molecular complexity index is 711. The zero-order chi connectivity index (χ0) is 18.1. The molecule has 0 radical (unpaired) electrons. The molecule has 6 nitrogen and oxygen atoms in total. The second-order valence-electron chi connectivity index (χ2n) is 6.91. The molecule has 25 heavy (non-hydrogen) atoms. The third-order valence-electron chi connectivity index (χ3n) is 5.13. The van der Waals surface area contributed by atoms with E-state index in [1.165, 1.54) is 36.4 Å². The summed E-state index contributed by atoms with van der Waals surface area (Å²) in [5.41, 5.74) is -0.798. The number of piperidine rings is 1. The van der Waals surface area contributed by atoms with Crippen molar-refractivity contribution in [1.82, 2.24) is 9.21 Å². The SMILES string of the molecule is COc1ccc(S(=O)(=O)N2CCC(O)(CN3CCCC3)CC2)cc1Cl.